The molecule has 0 aromatic heterocycles. The number of carbonyl (C=O) groups is 2. The van der Waals surface area contributed by atoms with Crippen molar-refractivity contribution in [1.29, 1.82) is 0 Å². The number of aliphatic imine (C=N–C) groups is 1. The third-order valence-corrected chi connectivity index (χ3v) is 7.79. The summed E-state index contributed by atoms with van der Waals surface area (Å²) in [7, 11) is -3.14. The van der Waals surface area contributed by atoms with Crippen molar-refractivity contribution < 1.29 is 27.9 Å². The van der Waals surface area contributed by atoms with Crippen molar-refractivity contribution in [3.05, 3.63) is 29.8 Å². The van der Waals surface area contributed by atoms with Crippen LogP contribution < -0.4 is 4.90 Å². The number of benzene rings is 1. The molecule has 2 fully saturated rings. The van der Waals surface area contributed by atoms with E-state index in [0.717, 1.165) is 11.3 Å². The lowest BCUT2D eigenvalue weighted by molar-refractivity contribution is -0.143. The van der Waals surface area contributed by atoms with Gasteiger partial charge < -0.3 is 14.7 Å². The number of carboxylic acid groups (broad SMARTS) is 1. The van der Waals surface area contributed by atoms with Crippen LogP contribution in [0.2, 0.25) is 0 Å². The van der Waals surface area contributed by atoms with Crippen molar-refractivity contribution in [2.24, 2.45) is 4.99 Å². The van der Waals surface area contributed by atoms with Gasteiger partial charge in [-0.05, 0) is 23.6 Å². The predicted octanol–water partition coefficient (Wildman–Crippen LogP) is 1.51. The average molecular weight is 427 g/mol. The number of sulfone groups is 1. The molecule has 1 N–H and O–H groups in total. The third-order valence-electron chi connectivity index (χ3n) is 4.58. The van der Waals surface area contributed by atoms with Crippen LogP contribution in [0.15, 0.2) is 29.3 Å². The molecule has 1 amide bonds. The minimum Gasteiger partial charge on any atom is -0.480 e. The minimum atomic E-state index is -3.14. The predicted molar refractivity (Wildman–Crippen MR) is 108 cm³/mol. The van der Waals surface area contributed by atoms with Crippen LogP contribution in [-0.2, 0) is 24.2 Å². The van der Waals surface area contributed by atoms with E-state index in [9.17, 15) is 18.0 Å². The molecule has 2 heterocycles. The lowest BCUT2D eigenvalue weighted by Gasteiger charge is -2.25. The van der Waals surface area contributed by atoms with Gasteiger partial charge in [0.2, 0.25) is 0 Å². The molecule has 2 aliphatic heterocycles. The van der Waals surface area contributed by atoms with Crippen LogP contribution >= 0.6 is 11.8 Å². The summed E-state index contributed by atoms with van der Waals surface area (Å²) in [4.78, 5) is 28.5. The third kappa shape index (κ3) is 4.73. The Hall–Kier alpha value is -1.91. The highest BCUT2D eigenvalue weighted by Gasteiger charge is 2.49. The first-order valence-electron chi connectivity index (χ1n) is 8.83. The second-order valence-electron chi connectivity index (χ2n) is 7.09. The fourth-order valence-corrected chi connectivity index (χ4v) is 7.18. The van der Waals surface area contributed by atoms with Gasteiger partial charge in [0.15, 0.2) is 15.0 Å². The van der Waals surface area contributed by atoms with E-state index in [4.69, 9.17) is 9.84 Å². The number of rotatable bonds is 6. The van der Waals surface area contributed by atoms with Gasteiger partial charge in [0, 0.05) is 10.9 Å². The summed E-state index contributed by atoms with van der Waals surface area (Å²) in [5.41, 5.74) is 1.93. The Morgan fingerprint density at radius 2 is 1.93 bits per heavy atom. The Balaban J connectivity index is 1.85. The molecule has 10 heteroatoms. The van der Waals surface area contributed by atoms with Gasteiger partial charge in [0.25, 0.3) is 5.91 Å². The molecule has 0 aliphatic carbocycles. The van der Waals surface area contributed by atoms with Crippen molar-refractivity contribution in [1.82, 2.24) is 0 Å². The maximum Gasteiger partial charge on any atom is 0.329 e. The average Bonchev–Trinajstić information content (AvgIpc) is 3.05. The molecule has 152 valence electrons. The number of thioether (sulfide) groups is 1. The van der Waals surface area contributed by atoms with Crippen molar-refractivity contribution in [3.63, 3.8) is 0 Å². The number of carbonyl (C=O) groups excluding carboxylic acids is 1. The number of anilines is 1. The number of amides is 1. The summed E-state index contributed by atoms with van der Waals surface area (Å²) in [5.74, 6) is -1.34. The molecule has 3 rings (SSSR count). The van der Waals surface area contributed by atoms with Gasteiger partial charge in [-0.1, -0.05) is 37.7 Å². The molecule has 0 bridgehead atoms. The highest BCUT2D eigenvalue weighted by Crippen LogP contribution is 2.41. The molecule has 0 radical (unpaired) electrons. The summed E-state index contributed by atoms with van der Waals surface area (Å²) < 4.78 is 28.9. The van der Waals surface area contributed by atoms with E-state index in [-0.39, 0.29) is 22.8 Å². The van der Waals surface area contributed by atoms with Gasteiger partial charge in [-0.15, -0.1) is 0 Å². The molecule has 1 aromatic carbocycles. The van der Waals surface area contributed by atoms with Gasteiger partial charge in [-0.3, -0.25) is 4.79 Å². The number of carboxylic acids is 1. The zero-order valence-corrected chi connectivity index (χ0v) is 17.2. The summed E-state index contributed by atoms with van der Waals surface area (Å²) in [6, 6.07) is 7.49. The SMILES string of the molecule is CC(C)c1ccc(N2C(=NC(=O)COCC(=O)O)S[C@H]3CS(=O)(=O)C[C@H]32)cc1. The van der Waals surface area contributed by atoms with Crippen LogP contribution in [0.4, 0.5) is 5.69 Å². The second-order valence-corrected chi connectivity index (χ2v) is 10.5. The fourth-order valence-electron chi connectivity index (χ4n) is 3.25. The van der Waals surface area contributed by atoms with Gasteiger partial charge >= 0.3 is 5.97 Å². The number of ether oxygens (including phenoxy) is 1. The zero-order valence-electron chi connectivity index (χ0n) is 15.6. The molecule has 1 aromatic rings. The van der Waals surface area contributed by atoms with Gasteiger partial charge in [-0.25, -0.2) is 13.2 Å². The maximum absolute atomic E-state index is 12.1. The first-order chi connectivity index (χ1) is 13.2. The number of amidine groups is 1. The molecule has 8 nitrogen and oxygen atoms in total. The van der Waals surface area contributed by atoms with Gasteiger partial charge in [-0.2, -0.15) is 4.99 Å². The van der Waals surface area contributed by atoms with Gasteiger partial charge in [0.1, 0.15) is 13.2 Å². The first-order valence-corrected chi connectivity index (χ1v) is 11.5. The molecular formula is C18H22N2O6S2. The minimum absolute atomic E-state index is 0.0132. The van der Waals surface area contributed by atoms with E-state index < -0.39 is 34.9 Å². The van der Waals surface area contributed by atoms with Crippen LogP contribution in [0.1, 0.15) is 25.3 Å². The van der Waals surface area contributed by atoms with Crippen molar-refractivity contribution in [2.45, 2.75) is 31.1 Å². The van der Waals surface area contributed by atoms with Crippen LogP contribution in [0.25, 0.3) is 0 Å². The number of hydrogen-bond acceptors (Lipinski definition) is 6. The van der Waals surface area contributed by atoms with E-state index >= 15 is 0 Å². The number of aliphatic carboxylic acids is 1. The highest BCUT2D eigenvalue weighted by atomic mass is 32.2. The largest absolute Gasteiger partial charge is 0.480 e. The Bertz CT molecular complexity index is 895. The van der Waals surface area contributed by atoms with E-state index in [0.29, 0.717) is 11.1 Å². The number of fused-ring (bicyclic) bond motifs is 1. The zero-order chi connectivity index (χ0) is 20.5. The topological polar surface area (TPSA) is 113 Å². The number of nitrogens with zero attached hydrogens (tertiary/aromatic N) is 2. The molecule has 0 saturated carbocycles. The van der Waals surface area contributed by atoms with Crippen molar-refractivity contribution in [2.75, 3.05) is 29.6 Å². The van der Waals surface area contributed by atoms with Gasteiger partial charge in [0.05, 0.1) is 17.5 Å². The molecule has 2 atom stereocenters. The maximum atomic E-state index is 12.1. The van der Waals surface area contributed by atoms with Crippen molar-refractivity contribution in [3.8, 4) is 0 Å². The Morgan fingerprint density at radius 3 is 2.54 bits per heavy atom. The van der Waals surface area contributed by atoms with Crippen LogP contribution in [0, 0.1) is 0 Å². The monoisotopic (exact) mass is 426 g/mol. The standard InChI is InChI=1S/C18H22N2O6S2/c1-11(2)12-3-5-13(6-4-12)20-14-9-28(24,25)10-15(14)27-18(20)19-16(21)7-26-8-17(22)23/h3-6,11,14-15H,7-10H2,1-2H3,(H,22,23)/t14-,15+/m1/s1. The summed E-state index contributed by atoms with van der Waals surface area (Å²) >= 11 is 1.27. The summed E-state index contributed by atoms with van der Waals surface area (Å²) in [6.07, 6.45) is 0. The Kier molecular flexibility index (Phi) is 6.11. The lowest BCUT2D eigenvalue weighted by Crippen LogP contribution is -2.37. The smallest absolute Gasteiger partial charge is 0.329 e. The Morgan fingerprint density at radius 1 is 1.25 bits per heavy atom. The fraction of sp³-hybridized carbons (Fsp3) is 0.500. The molecule has 0 unspecified atom stereocenters. The van der Waals surface area contributed by atoms with E-state index in [1.165, 1.54) is 11.8 Å². The van der Waals surface area contributed by atoms with Crippen LogP contribution in [0.3, 0.4) is 0 Å². The first kappa shape index (κ1) is 20.8. The summed E-state index contributed by atoms with van der Waals surface area (Å²) in [5, 5.41) is 8.81. The second kappa shape index (κ2) is 8.22. The molecule has 2 saturated heterocycles. The van der Waals surface area contributed by atoms with Crippen LogP contribution in [0.5, 0.6) is 0 Å². The molecule has 28 heavy (non-hydrogen) atoms. The normalized spacial score (nSPS) is 24.7. The van der Waals surface area contributed by atoms with E-state index in [1.54, 1.807) is 4.90 Å². The lowest BCUT2D eigenvalue weighted by atomic mass is 10.0. The quantitative estimate of drug-likeness (QED) is 0.728. The molecular weight excluding hydrogens is 404 g/mol. The summed E-state index contributed by atoms with van der Waals surface area (Å²) in [6.45, 7) is 3.16. The van der Waals surface area contributed by atoms with E-state index in [2.05, 4.69) is 18.8 Å². The van der Waals surface area contributed by atoms with E-state index in [1.807, 2.05) is 24.3 Å². The Labute approximate surface area is 167 Å². The highest BCUT2D eigenvalue weighted by molar-refractivity contribution is 8.16. The molecule has 0 spiro atoms. The molecule has 2 aliphatic rings. The van der Waals surface area contributed by atoms with Crippen LogP contribution in [-0.4, -0.2) is 66.6 Å². The number of hydrogen-bond donors (Lipinski definition) is 1. The van der Waals surface area contributed by atoms with Crippen molar-refractivity contribution >= 4 is 44.3 Å².